The number of hydrogen-bond acceptors (Lipinski definition) is 5. The van der Waals surface area contributed by atoms with Crippen molar-refractivity contribution < 1.29 is 9.31 Å². The zero-order chi connectivity index (χ0) is 18.7. The van der Waals surface area contributed by atoms with Gasteiger partial charge in [0.05, 0.1) is 16.9 Å². The predicted octanol–water partition coefficient (Wildman–Crippen LogP) is 2.93. The lowest BCUT2D eigenvalue weighted by Gasteiger charge is -2.32. The van der Waals surface area contributed by atoms with Gasteiger partial charge in [-0.1, -0.05) is 23.7 Å². The van der Waals surface area contributed by atoms with Crippen LogP contribution in [0.25, 0.3) is 16.9 Å². The van der Waals surface area contributed by atoms with Gasteiger partial charge in [0.1, 0.15) is 5.82 Å². The first-order chi connectivity index (χ1) is 12.2. The molecule has 3 heterocycles. The van der Waals surface area contributed by atoms with Crippen molar-refractivity contribution in [3.05, 3.63) is 41.6 Å². The summed E-state index contributed by atoms with van der Waals surface area (Å²) in [4.78, 5) is 4.27. The van der Waals surface area contributed by atoms with Gasteiger partial charge in [-0.3, -0.25) is 0 Å². The quantitative estimate of drug-likeness (QED) is 0.702. The van der Waals surface area contributed by atoms with Crippen LogP contribution in [0.4, 0.5) is 5.82 Å². The maximum absolute atomic E-state index is 6.54. The highest BCUT2D eigenvalue weighted by molar-refractivity contribution is 6.62. The second-order valence-electron chi connectivity index (χ2n) is 7.50. The van der Waals surface area contributed by atoms with Gasteiger partial charge in [0, 0.05) is 22.8 Å². The van der Waals surface area contributed by atoms with Crippen molar-refractivity contribution in [1.29, 1.82) is 0 Å². The highest BCUT2D eigenvalue weighted by atomic mass is 35.5. The molecule has 0 saturated carbocycles. The average molecular weight is 371 g/mol. The Hall–Kier alpha value is -2.09. The fourth-order valence-corrected chi connectivity index (χ4v) is 3.20. The van der Waals surface area contributed by atoms with Crippen LogP contribution in [0.1, 0.15) is 27.7 Å². The minimum atomic E-state index is -0.454. The number of nitrogens with two attached hydrogens (primary N) is 1. The smallest absolute Gasteiger partial charge is 0.399 e. The Morgan fingerprint density at radius 1 is 1.08 bits per heavy atom. The van der Waals surface area contributed by atoms with Crippen molar-refractivity contribution in [1.82, 2.24) is 14.6 Å². The molecule has 1 fully saturated rings. The molecule has 0 bridgehead atoms. The van der Waals surface area contributed by atoms with Crippen molar-refractivity contribution in [3.63, 3.8) is 0 Å². The van der Waals surface area contributed by atoms with E-state index in [9.17, 15) is 0 Å². The van der Waals surface area contributed by atoms with Gasteiger partial charge in [0.2, 0.25) is 0 Å². The summed E-state index contributed by atoms with van der Waals surface area (Å²) in [5.41, 5.74) is 8.21. The summed E-state index contributed by atoms with van der Waals surface area (Å²) in [6, 6.07) is 9.28. The Morgan fingerprint density at radius 3 is 2.38 bits per heavy atom. The maximum Gasteiger partial charge on any atom is 0.494 e. The largest absolute Gasteiger partial charge is 0.494 e. The lowest BCUT2D eigenvalue weighted by atomic mass is 9.78. The summed E-state index contributed by atoms with van der Waals surface area (Å²) in [6.07, 6.45) is 1.65. The molecule has 0 radical (unpaired) electrons. The van der Waals surface area contributed by atoms with Gasteiger partial charge in [0.25, 0.3) is 0 Å². The van der Waals surface area contributed by atoms with Gasteiger partial charge in [-0.15, -0.1) is 0 Å². The van der Waals surface area contributed by atoms with Crippen LogP contribution >= 0.6 is 11.6 Å². The van der Waals surface area contributed by atoms with E-state index in [0.29, 0.717) is 22.2 Å². The number of rotatable bonds is 2. The Kier molecular flexibility index (Phi) is 3.80. The van der Waals surface area contributed by atoms with Gasteiger partial charge in [0.15, 0.2) is 5.65 Å². The molecule has 0 amide bonds. The summed E-state index contributed by atoms with van der Waals surface area (Å²) in [5.74, 6) is 0.520. The normalized spacial score (nSPS) is 18.6. The SMILES string of the molecule is CC1(C)OB(c2ccc(-c3cc4nccc(N)n4n3)c(Cl)c2)OC1(C)C. The number of aromatic nitrogens is 3. The molecular formula is C18H20BClN4O2. The molecule has 2 aromatic heterocycles. The summed E-state index contributed by atoms with van der Waals surface area (Å²) in [6.45, 7) is 8.10. The number of anilines is 1. The number of nitrogen functional groups attached to an aromatic ring is 1. The van der Waals surface area contributed by atoms with Gasteiger partial charge in [-0.05, 0) is 45.3 Å². The van der Waals surface area contributed by atoms with E-state index in [1.54, 1.807) is 16.8 Å². The number of halogens is 1. The van der Waals surface area contributed by atoms with E-state index in [0.717, 1.165) is 11.0 Å². The summed E-state index contributed by atoms with van der Waals surface area (Å²) >= 11 is 6.54. The Balaban J connectivity index is 1.69. The van der Waals surface area contributed by atoms with Crippen LogP contribution in [-0.2, 0) is 9.31 Å². The number of fused-ring (bicyclic) bond motifs is 1. The first kappa shape index (κ1) is 17.3. The molecule has 1 aliphatic rings. The fraction of sp³-hybridized carbons (Fsp3) is 0.333. The minimum absolute atomic E-state index is 0.395. The molecule has 26 heavy (non-hydrogen) atoms. The van der Waals surface area contributed by atoms with Gasteiger partial charge < -0.3 is 15.0 Å². The summed E-state index contributed by atoms with van der Waals surface area (Å²) < 4.78 is 13.8. The van der Waals surface area contributed by atoms with Crippen LogP contribution in [0.2, 0.25) is 5.02 Å². The second-order valence-corrected chi connectivity index (χ2v) is 7.90. The van der Waals surface area contributed by atoms with E-state index in [-0.39, 0.29) is 0 Å². The number of nitrogens with zero attached hydrogens (tertiary/aromatic N) is 3. The molecule has 1 saturated heterocycles. The van der Waals surface area contributed by atoms with Gasteiger partial charge in [-0.25, -0.2) is 4.98 Å². The van der Waals surface area contributed by atoms with Crippen molar-refractivity contribution in [2.45, 2.75) is 38.9 Å². The second kappa shape index (κ2) is 5.71. The third kappa shape index (κ3) is 2.67. The first-order valence-electron chi connectivity index (χ1n) is 8.44. The number of hydrogen-bond donors (Lipinski definition) is 1. The van der Waals surface area contributed by atoms with Crippen LogP contribution in [0.15, 0.2) is 36.5 Å². The van der Waals surface area contributed by atoms with E-state index >= 15 is 0 Å². The molecule has 0 spiro atoms. The van der Waals surface area contributed by atoms with Crippen LogP contribution < -0.4 is 11.2 Å². The van der Waals surface area contributed by atoms with Crippen molar-refractivity contribution in [2.75, 3.05) is 5.73 Å². The third-order valence-corrected chi connectivity index (χ3v) is 5.49. The Morgan fingerprint density at radius 2 is 1.77 bits per heavy atom. The standard InChI is InChI=1S/C18H20BClN4O2/c1-17(2)18(3,4)26-19(25-17)11-5-6-12(13(20)9-11)14-10-16-22-8-7-15(21)24(16)23-14/h5-10H,21H2,1-4H3. The maximum atomic E-state index is 6.54. The highest BCUT2D eigenvalue weighted by Gasteiger charge is 2.51. The molecule has 0 aliphatic carbocycles. The van der Waals surface area contributed by atoms with E-state index in [2.05, 4.69) is 10.1 Å². The van der Waals surface area contributed by atoms with Crippen LogP contribution in [0.3, 0.4) is 0 Å². The molecule has 3 aromatic rings. The van der Waals surface area contributed by atoms with Crippen LogP contribution in [0, 0.1) is 0 Å². The zero-order valence-electron chi connectivity index (χ0n) is 15.2. The summed E-state index contributed by atoms with van der Waals surface area (Å²) in [7, 11) is -0.454. The molecular weight excluding hydrogens is 350 g/mol. The van der Waals surface area contributed by atoms with Crippen LogP contribution in [-0.4, -0.2) is 32.9 Å². The molecule has 1 aromatic carbocycles. The topological polar surface area (TPSA) is 74.7 Å². The van der Waals surface area contributed by atoms with Crippen LogP contribution in [0.5, 0.6) is 0 Å². The molecule has 0 unspecified atom stereocenters. The fourth-order valence-electron chi connectivity index (χ4n) is 2.91. The third-order valence-electron chi connectivity index (χ3n) is 5.18. The molecule has 0 atom stereocenters. The minimum Gasteiger partial charge on any atom is -0.399 e. The monoisotopic (exact) mass is 370 g/mol. The Bertz CT molecular complexity index is 986. The molecule has 1 aliphatic heterocycles. The molecule has 6 nitrogen and oxygen atoms in total. The summed E-state index contributed by atoms with van der Waals surface area (Å²) in [5, 5.41) is 5.07. The van der Waals surface area contributed by atoms with E-state index in [4.69, 9.17) is 26.6 Å². The Labute approximate surface area is 157 Å². The van der Waals surface area contributed by atoms with Gasteiger partial charge >= 0.3 is 7.12 Å². The first-order valence-corrected chi connectivity index (χ1v) is 8.81. The van der Waals surface area contributed by atoms with Crippen molar-refractivity contribution in [3.8, 4) is 11.3 Å². The molecule has 4 rings (SSSR count). The van der Waals surface area contributed by atoms with E-state index in [1.807, 2.05) is 52.0 Å². The molecule has 134 valence electrons. The average Bonchev–Trinajstić information content (AvgIpc) is 3.07. The van der Waals surface area contributed by atoms with E-state index < -0.39 is 18.3 Å². The molecule has 8 heteroatoms. The van der Waals surface area contributed by atoms with Crippen molar-refractivity contribution in [2.24, 2.45) is 0 Å². The lowest BCUT2D eigenvalue weighted by molar-refractivity contribution is 0.00578. The number of benzene rings is 1. The molecule has 2 N–H and O–H groups in total. The predicted molar refractivity (Wildman–Crippen MR) is 104 cm³/mol. The van der Waals surface area contributed by atoms with Crippen molar-refractivity contribution >= 4 is 35.6 Å². The lowest BCUT2D eigenvalue weighted by Crippen LogP contribution is -2.41. The zero-order valence-corrected chi connectivity index (χ0v) is 15.9. The van der Waals surface area contributed by atoms with E-state index in [1.165, 1.54) is 0 Å². The van der Waals surface area contributed by atoms with Gasteiger partial charge in [-0.2, -0.15) is 9.61 Å². The highest BCUT2D eigenvalue weighted by Crippen LogP contribution is 2.37.